The molecule has 1 aromatic carbocycles. The molecule has 35 heavy (non-hydrogen) atoms. The zero-order chi connectivity index (χ0) is 24.9. The molecule has 0 spiro atoms. The first kappa shape index (κ1) is 23.0. The van der Waals surface area contributed by atoms with Gasteiger partial charge in [-0.15, -0.1) is 0 Å². The highest BCUT2D eigenvalue weighted by molar-refractivity contribution is 5.99. The van der Waals surface area contributed by atoms with Gasteiger partial charge in [-0.05, 0) is 32.9 Å². The molecule has 1 saturated heterocycles. The van der Waals surface area contributed by atoms with Crippen LogP contribution in [0.5, 0.6) is 0 Å². The predicted octanol–water partition coefficient (Wildman–Crippen LogP) is 3.21. The van der Waals surface area contributed by atoms with Crippen molar-refractivity contribution in [3.63, 3.8) is 0 Å². The highest BCUT2D eigenvalue weighted by Gasteiger charge is 2.37. The molecule has 2 amide bonds. The maximum Gasteiger partial charge on any atom is 0.273 e. The Balaban J connectivity index is 1.58. The van der Waals surface area contributed by atoms with Gasteiger partial charge in [0.15, 0.2) is 0 Å². The van der Waals surface area contributed by atoms with Crippen LogP contribution in [-0.4, -0.2) is 75.3 Å². The minimum Gasteiger partial charge on any atom is -0.339 e. The lowest BCUT2D eigenvalue weighted by atomic mass is 10.1. The Morgan fingerprint density at radius 2 is 1.94 bits per heavy atom. The number of amides is 2. The molecule has 0 N–H and O–H groups in total. The molecule has 0 saturated carbocycles. The van der Waals surface area contributed by atoms with Gasteiger partial charge in [-0.25, -0.2) is 4.98 Å². The van der Waals surface area contributed by atoms with Gasteiger partial charge in [-0.2, -0.15) is 4.98 Å². The quantitative estimate of drug-likeness (QED) is 0.575. The molecule has 2 aliphatic rings. The third-order valence-electron chi connectivity index (χ3n) is 7.00. The summed E-state index contributed by atoms with van der Waals surface area (Å²) in [5.41, 5.74) is 3.11. The number of para-hydroxylation sites is 1. The predicted molar refractivity (Wildman–Crippen MR) is 136 cm³/mol. The van der Waals surface area contributed by atoms with Gasteiger partial charge in [0.05, 0.1) is 23.9 Å². The topological polar surface area (TPSA) is 85.8 Å². The molecular weight excluding hydrogens is 442 g/mol. The first-order valence-corrected chi connectivity index (χ1v) is 12.1. The van der Waals surface area contributed by atoms with Crippen LogP contribution in [0.4, 0.5) is 17.5 Å². The van der Waals surface area contributed by atoms with Crippen molar-refractivity contribution in [1.29, 1.82) is 0 Å². The number of benzene rings is 1. The van der Waals surface area contributed by atoms with Crippen molar-refractivity contribution in [2.45, 2.75) is 46.3 Å². The van der Waals surface area contributed by atoms with Gasteiger partial charge in [0.25, 0.3) is 5.91 Å². The number of hydrogen-bond acceptors (Lipinski definition) is 7. The highest BCUT2D eigenvalue weighted by Crippen LogP contribution is 2.35. The van der Waals surface area contributed by atoms with Crippen molar-refractivity contribution in [2.24, 2.45) is 0 Å². The van der Waals surface area contributed by atoms with E-state index in [0.717, 1.165) is 22.2 Å². The number of hydrogen-bond donors (Lipinski definition) is 0. The molecule has 5 rings (SSSR count). The Morgan fingerprint density at radius 3 is 2.66 bits per heavy atom. The fraction of sp³-hybridized carbons (Fsp3) is 0.423. The lowest BCUT2D eigenvalue weighted by molar-refractivity contribution is -0.129. The Kier molecular flexibility index (Phi) is 5.78. The van der Waals surface area contributed by atoms with Crippen LogP contribution in [0.3, 0.4) is 0 Å². The van der Waals surface area contributed by atoms with Crippen LogP contribution in [0.2, 0.25) is 0 Å². The number of pyridine rings is 1. The van der Waals surface area contributed by atoms with E-state index in [0.29, 0.717) is 43.6 Å². The smallest absolute Gasteiger partial charge is 0.273 e. The maximum absolute atomic E-state index is 13.3. The van der Waals surface area contributed by atoms with Gasteiger partial charge in [-0.3, -0.25) is 14.6 Å². The average molecular weight is 474 g/mol. The lowest BCUT2D eigenvalue weighted by Gasteiger charge is -2.39. The normalized spacial score (nSPS) is 17.9. The van der Waals surface area contributed by atoms with E-state index in [9.17, 15) is 9.59 Å². The van der Waals surface area contributed by atoms with Gasteiger partial charge < -0.3 is 19.6 Å². The van der Waals surface area contributed by atoms with Gasteiger partial charge in [-0.1, -0.05) is 18.2 Å². The number of carbonyl (C=O) groups is 2. The van der Waals surface area contributed by atoms with E-state index in [1.165, 1.54) is 0 Å². The van der Waals surface area contributed by atoms with Gasteiger partial charge in [0.2, 0.25) is 11.9 Å². The summed E-state index contributed by atoms with van der Waals surface area (Å²) in [6, 6.07) is 10.2. The van der Waals surface area contributed by atoms with Gasteiger partial charge in [0.1, 0.15) is 11.5 Å². The summed E-state index contributed by atoms with van der Waals surface area (Å²) in [5, 5.41) is 1.04. The van der Waals surface area contributed by atoms with Crippen molar-refractivity contribution in [3.05, 3.63) is 47.8 Å². The van der Waals surface area contributed by atoms with Crippen molar-refractivity contribution in [2.75, 3.05) is 36.5 Å². The lowest BCUT2D eigenvalue weighted by Crippen LogP contribution is -2.53. The third-order valence-corrected chi connectivity index (χ3v) is 7.00. The zero-order valence-electron chi connectivity index (χ0n) is 20.9. The summed E-state index contributed by atoms with van der Waals surface area (Å²) in [6.07, 6.45) is 1.84. The van der Waals surface area contributed by atoms with Crippen LogP contribution < -0.4 is 9.80 Å². The number of rotatable bonds is 4. The van der Waals surface area contributed by atoms with Crippen LogP contribution in [0, 0.1) is 0 Å². The van der Waals surface area contributed by atoms with E-state index < -0.39 is 0 Å². The van der Waals surface area contributed by atoms with Crippen molar-refractivity contribution in [3.8, 4) is 0 Å². The molecule has 182 valence electrons. The van der Waals surface area contributed by atoms with Crippen LogP contribution in [0.15, 0.2) is 36.5 Å². The second-order valence-electron chi connectivity index (χ2n) is 9.65. The summed E-state index contributed by atoms with van der Waals surface area (Å²) in [7, 11) is 1.96. The third kappa shape index (κ3) is 4.05. The fourth-order valence-electron chi connectivity index (χ4n) is 4.89. The molecule has 9 nitrogen and oxygen atoms in total. The Morgan fingerprint density at radius 1 is 1.17 bits per heavy atom. The van der Waals surface area contributed by atoms with Crippen LogP contribution in [-0.2, 0) is 11.3 Å². The average Bonchev–Trinajstić information content (AvgIpc) is 3.19. The van der Waals surface area contributed by atoms with E-state index >= 15 is 0 Å². The van der Waals surface area contributed by atoms with Gasteiger partial charge in [0, 0.05) is 56.6 Å². The molecule has 1 fully saturated rings. The second-order valence-corrected chi connectivity index (χ2v) is 9.65. The molecule has 1 unspecified atom stereocenters. The Bertz CT molecular complexity index is 1310. The molecule has 3 aromatic rings. The molecule has 2 aliphatic heterocycles. The number of fused-ring (bicyclic) bond motifs is 2. The van der Waals surface area contributed by atoms with Crippen LogP contribution >= 0.6 is 0 Å². The monoisotopic (exact) mass is 473 g/mol. The van der Waals surface area contributed by atoms with Crippen molar-refractivity contribution in [1.82, 2.24) is 24.8 Å². The minimum absolute atomic E-state index is 0.0314. The molecule has 0 aliphatic carbocycles. The second kappa shape index (κ2) is 8.79. The molecule has 2 aromatic heterocycles. The molecule has 0 bridgehead atoms. The molecule has 1 atom stereocenters. The number of carbonyl (C=O) groups excluding carboxylic acids is 2. The first-order valence-electron chi connectivity index (χ1n) is 12.1. The van der Waals surface area contributed by atoms with Crippen LogP contribution in [0.1, 0.15) is 43.7 Å². The molecule has 0 radical (unpaired) electrons. The van der Waals surface area contributed by atoms with E-state index in [4.69, 9.17) is 9.97 Å². The van der Waals surface area contributed by atoms with Crippen LogP contribution in [0.25, 0.3) is 10.9 Å². The number of nitrogens with zero attached hydrogens (tertiary/aromatic N) is 7. The molecular formula is C26H31N7O2. The summed E-state index contributed by atoms with van der Waals surface area (Å²) >= 11 is 0. The maximum atomic E-state index is 13.3. The number of piperazine rings is 1. The highest BCUT2D eigenvalue weighted by atomic mass is 16.2. The Labute approximate surface area is 205 Å². The SMILES string of the molecule is CC(=O)N1CCN(c2nc3c(c(N(C)c4cnc5ccccc5c4)n2)CN(C(C)C)C3=O)C(C)C1. The zero-order valence-corrected chi connectivity index (χ0v) is 20.9. The van der Waals surface area contributed by atoms with Crippen molar-refractivity contribution >= 4 is 40.2 Å². The first-order chi connectivity index (χ1) is 16.7. The largest absolute Gasteiger partial charge is 0.339 e. The molecule has 4 heterocycles. The molecule has 9 heteroatoms. The van der Waals surface area contributed by atoms with E-state index in [-0.39, 0.29) is 23.9 Å². The minimum atomic E-state index is -0.0695. The number of aromatic nitrogens is 3. The summed E-state index contributed by atoms with van der Waals surface area (Å²) in [4.78, 5) is 47.4. The van der Waals surface area contributed by atoms with E-state index in [1.807, 2.05) is 66.1 Å². The summed E-state index contributed by atoms with van der Waals surface area (Å²) in [5.74, 6) is 1.23. The summed E-state index contributed by atoms with van der Waals surface area (Å²) < 4.78 is 0. The van der Waals surface area contributed by atoms with E-state index in [2.05, 4.69) is 22.9 Å². The van der Waals surface area contributed by atoms with Crippen molar-refractivity contribution < 1.29 is 9.59 Å². The number of anilines is 3. The Hall–Kier alpha value is -3.75. The standard InChI is InChI=1S/C26H31N7O2/c1-16(2)33-15-21-23(25(33)35)28-26(32-11-10-31(18(4)34)14-17(32)3)29-24(21)30(5)20-12-19-8-6-7-9-22(19)27-13-20/h6-9,12-13,16-17H,10-11,14-15H2,1-5H3. The fourth-order valence-corrected chi connectivity index (χ4v) is 4.89. The van der Waals surface area contributed by atoms with E-state index in [1.54, 1.807) is 6.92 Å². The summed E-state index contributed by atoms with van der Waals surface area (Å²) in [6.45, 7) is 9.97. The van der Waals surface area contributed by atoms with Gasteiger partial charge >= 0.3 is 0 Å².